The average molecular weight is 316 g/mol. The smallest absolute Gasteiger partial charge is 0.321 e. The van der Waals surface area contributed by atoms with Crippen molar-refractivity contribution in [3.63, 3.8) is 0 Å². The van der Waals surface area contributed by atoms with Crippen LogP contribution in [0.3, 0.4) is 0 Å². The molecule has 2 rings (SSSR count). The van der Waals surface area contributed by atoms with Crippen LogP contribution in [0.25, 0.3) is 11.0 Å². The molecule has 0 atom stereocenters. The molecule has 0 radical (unpaired) electrons. The molecule has 0 aliphatic heterocycles. The van der Waals surface area contributed by atoms with Gasteiger partial charge in [-0.05, 0) is 31.0 Å². The summed E-state index contributed by atoms with van der Waals surface area (Å²) in [6.45, 7) is 5.08. The van der Waals surface area contributed by atoms with Gasteiger partial charge in [-0.3, -0.25) is 4.90 Å². The number of aromatic nitrogens is 2. The number of H-pyrrole nitrogens is 1. The number of fused-ring (bicyclic) bond motifs is 1. The number of anilines is 1. The fourth-order valence-electron chi connectivity index (χ4n) is 2.68. The van der Waals surface area contributed by atoms with Crippen molar-refractivity contribution in [2.75, 3.05) is 18.5 Å². The van der Waals surface area contributed by atoms with E-state index in [4.69, 9.17) is 0 Å². The van der Waals surface area contributed by atoms with Crippen molar-refractivity contribution in [2.45, 2.75) is 52.4 Å². The van der Waals surface area contributed by atoms with Crippen LogP contribution in [0.15, 0.2) is 18.2 Å². The molecule has 2 N–H and O–H groups in total. The van der Waals surface area contributed by atoms with E-state index in [1.54, 1.807) is 7.05 Å². The third kappa shape index (κ3) is 4.47. The van der Waals surface area contributed by atoms with E-state index in [2.05, 4.69) is 29.1 Å². The molecule has 0 saturated heterocycles. The maximum atomic E-state index is 12.2. The standard InChI is InChI=1S/C18H28N4O/c1-4-6-8-12-22(18(23)19-3)14-10-11-15-16(13-14)21-17(20-15)9-7-5-2/h10-11,13H,4-9,12H2,1-3H3,(H,19,23)(H,20,21). The Morgan fingerprint density at radius 2 is 2.00 bits per heavy atom. The predicted molar refractivity (Wildman–Crippen MR) is 96.0 cm³/mol. The minimum atomic E-state index is -0.0637. The fourth-order valence-corrected chi connectivity index (χ4v) is 2.68. The summed E-state index contributed by atoms with van der Waals surface area (Å²) in [6, 6.07) is 5.94. The largest absolute Gasteiger partial charge is 0.342 e. The number of nitrogens with zero attached hydrogens (tertiary/aromatic N) is 2. The number of imidazole rings is 1. The van der Waals surface area contributed by atoms with E-state index < -0.39 is 0 Å². The van der Waals surface area contributed by atoms with Gasteiger partial charge in [0.15, 0.2) is 0 Å². The van der Waals surface area contributed by atoms with Crippen LogP contribution < -0.4 is 10.2 Å². The Labute approximate surface area is 138 Å². The third-order valence-electron chi connectivity index (χ3n) is 4.04. The second-order valence-corrected chi connectivity index (χ2v) is 5.90. The number of hydrogen-bond acceptors (Lipinski definition) is 2. The van der Waals surface area contributed by atoms with E-state index in [1.807, 2.05) is 23.1 Å². The lowest BCUT2D eigenvalue weighted by atomic mass is 10.2. The van der Waals surface area contributed by atoms with Crippen LogP contribution in [0, 0.1) is 0 Å². The Balaban J connectivity index is 2.22. The highest BCUT2D eigenvalue weighted by atomic mass is 16.2. The predicted octanol–water partition coefficient (Wildman–Crippen LogP) is 4.24. The highest BCUT2D eigenvalue weighted by Gasteiger charge is 2.15. The Bertz CT molecular complexity index is 635. The van der Waals surface area contributed by atoms with E-state index in [0.29, 0.717) is 0 Å². The molecule has 2 aromatic rings. The van der Waals surface area contributed by atoms with Crippen LogP contribution in [0.5, 0.6) is 0 Å². The van der Waals surface area contributed by atoms with Gasteiger partial charge < -0.3 is 10.3 Å². The molecule has 0 aliphatic carbocycles. The molecule has 1 aromatic carbocycles. The van der Waals surface area contributed by atoms with Gasteiger partial charge in [0.1, 0.15) is 5.82 Å². The van der Waals surface area contributed by atoms with Gasteiger partial charge in [-0.25, -0.2) is 9.78 Å². The Morgan fingerprint density at radius 1 is 1.22 bits per heavy atom. The van der Waals surface area contributed by atoms with E-state index in [1.165, 1.54) is 0 Å². The number of amides is 2. The zero-order valence-corrected chi connectivity index (χ0v) is 14.5. The summed E-state index contributed by atoms with van der Waals surface area (Å²) in [7, 11) is 1.67. The normalized spacial score (nSPS) is 10.9. The first-order chi connectivity index (χ1) is 11.2. The molecule has 0 unspecified atom stereocenters. The summed E-state index contributed by atoms with van der Waals surface area (Å²) in [5.41, 5.74) is 2.88. The molecule has 5 nitrogen and oxygen atoms in total. The number of aryl methyl sites for hydroxylation is 1. The van der Waals surface area contributed by atoms with Crippen molar-refractivity contribution in [3.05, 3.63) is 24.0 Å². The molecule has 1 aromatic heterocycles. The lowest BCUT2D eigenvalue weighted by Gasteiger charge is -2.22. The topological polar surface area (TPSA) is 61.0 Å². The van der Waals surface area contributed by atoms with Gasteiger partial charge in [-0.1, -0.05) is 33.1 Å². The van der Waals surface area contributed by atoms with Crippen molar-refractivity contribution >= 4 is 22.8 Å². The number of unbranched alkanes of at least 4 members (excludes halogenated alkanes) is 3. The number of urea groups is 1. The molecule has 0 bridgehead atoms. The Morgan fingerprint density at radius 3 is 2.70 bits per heavy atom. The van der Waals surface area contributed by atoms with E-state index in [9.17, 15) is 4.79 Å². The van der Waals surface area contributed by atoms with Gasteiger partial charge in [-0.15, -0.1) is 0 Å². The van der Waals surface area contributed by atoms with Crippen LogP contribution in [-0.4, -0.2) is 29.6 Å². The number of aromatic amines is 1. The van der Waals surface area contributed by atoms with E-state index in [-0.39, 0.29) is 6.03 Å². The van der Waals surface area contributed by atoms with Crippen LogP contribution >= 0.6 is 0 Å². The number of hydrogen-bond donors (Lipinski definition) is 2. The SMILES string of the molecule is CCCCCN(C(=O)NC)c1ccc2nc(CCCC)[nH]c2c1. The zero-order valence-electron chi connectivity index (χ0n) is 14.5. The van der Waals surface area contributed by atoms with E-state index in [0.717, 1.165) is 67.6 Å². The lowest BCUT2D eigenvalue weighted by Crippen LogP contribution is -2.38. The summed E-state index contributed by atoms with van der Waals surface area (Å²) in [5, 5.41) is 2.73. The van der Waals surface area contributed by atoms with Crippen LogP contribution in [0.2, 0.25) is 0 Å². The summed E-state index contributed by atoms with van der Waals surface area (Å²) in [5.74, 6) is 1.02. The molecule has 1 heterocycles. The van der Waals surface area contributed by atoms with Gasteiger partial charge in [0.25, 0.3) is 0 Å². The van der Waals surface area contributed by atoms with Gasteiger partial charge in [0.05, 0.1) is 11.0 Å². The summed E-state index contributed by atoms with van der Waals surface area (Å²) in [4.78, 5) is 22.0. The molecule has 5 heteroatoms. The van der Waals surface area contributed by atoms with Gasteiger partial charge in [0, 0.05) is 25.7 Å². The first-order valence-electron chi connectivity index (χ1n) is 8.67. The highest BCUT2D eigenvalue weighted by Crippen LogP contribution is 2.22. The summed E-state index contributed by atoms with van der Waals surface area (Å²) < 4.78 is 0. The maximum absolute atomic E-state index is 12.2. The minimum Gasteiger partial charge on any atom is -0.342 e. The van der Waals surface area contributed by atoms with Crippen molar-refractivity contribution in [1.82, 2.24) is 15.3 Å². The molecule has 0 aliphatic rings. The van der Waals surface area contributed by atoms with Crippen molar-refractivity contribution in [1.29, 1.82) is 0 Å². The third-order valence-corrected chi connectivity index (χ3v) is 4.04. The minimum absolute atomic E-state index is 0.0637. The number of nitrogens with one attached hydrogen (secondary N) is 2. The highest BCUT2D eigenvalue weighted by molar-refractivity contribution is 5.94. The number of rotatable bonds is 8. The molecule has 126 valence electrons. The van der Waals surface area contributed by atoms with Gasteiger partial charge in [0.2, 0.25) is 0 Å². The molecule has 0 saturated carbocycles. The van der Waals surface area contributed by atoms with Crippen LogP contribution in [-0.2, 0) is 6.42 Å². The van der Waals surface area contributed by atoms with Gasteiger partial charge in [-0.2, -0.15) is 0 Å². The molecule has 0 fully saturated rings. The molecule has 0 spiro atoms. The average Bonchev–Trinajstić information content (AvgIpc) is 2.98. The Hall–Kier alpha value is -2.04. The first-order valence-corrected chi connectivity index (χ1v) is 8.67. The van der Waals surface area contributed by atoms with Crippen molar-refractivity contribution < 1.29 is 4.79 Å². The number of carbonyl (C=O) groups is 1. The van der Waals surface area contributed by atoms with Crippen LogP contribution in [0.1, 0.15) is 51.8 Å². The lowest BCUT2D eigenvalue weighted by molar-refractivity contribution is 0.248. The molecule has 23 heavy (non-hydrogen) atoms. The second-order valence-electron chi connectivity index (χ2n) is 5.90. The summed E-state index contributed by atoms with van der Waals surface area (Å²) >= 11 is 0. The fraction of sp³-hybridized carbons (Fsp3) is 0.556. The number of benzene rings is 1. The zero-order chi connectivity index (χ0) is 16.7. The first kappa shape index (κ1) is 17.3. The second kappa shape index (κ2) is 8.56. The Kier molecular flexibility index (Phi) is 6.44. The van der Waals surface area contributed by atoms with Crippen LogP contribution in [0.4, 0.5) is 10.5 Å². The number of carbonyl (C=O) groups excluding carboxylic acids is 1. The maximum Gasteiger partial charge on any atom is 0.321 e. The molecular weight excluding hydrogens is 288 g/mol. The monoisotopic (exact) mass is 316 g/mol. The van der Waals surface area contributed by atoms with Gasteiger partial charge >= 0.3 is 6.03 Å². The van der Waals surface area contributed by atoms with Crippen molar-refractivity contribution in [2.24, 2.45) is 0 Å². The van der Waals surface area contributed by atoms with E-state index >= 15 is 0 Å². The quantitative estimate of drug-likeness (QED) is 0.715. The summed E-state index contributed by atoms with van der Waals surface area (Å²) in [6.07, 6.45) is 6.53. The molecular formula is C18H28N4O. The van der Waals surface area contributed by atoms with Crippen molar-refractivity contribution in [3.8, 4) is 0 Å². The molecule has 2 amide bonds.